The Morgan fingerprint density at radius 2 is 1.88 bits per heavy atom. The molecule has 128 valence electrons. The number of hydrogen-bond donors (Lipinski definition) is 2. The average Bonchev–Trinajstić information content (AvgIpc) is 2.55. The van der Waals surface area contributed by atoms with E-state index in [0.29, 0.717) is 11.6 Å². The van der Waals surface area contributed by atoms with E-state index in [9.17, 15) is 17.6 Å². The fraction of sp³-hybridized carbons (Fsp3) is 0.200. The Hall–Kier alpha value is -2.52. The molecule has 0 aliphatic rings. The van der Waals surface area contributed by atoms with Crippen LogP contribution in [-0.4, -0.2) is 32.5 Å². The maximum Gasteiger partial charge on any atom is 0.242 e. The molecule has 1 heterocycles. The van der Waals surface area contributed by atoms with Gasteiger partial charge in [-0.3, -0.25) is 4.79 Å². The quantitative estimate of drug-likeness (QED) is 0.821. The van der Waals surface area contributed by atoms with E-state index < -0.39 is 27.8 Å². The van der Waals surface area contributed by atoms with Crippen LogP contribution < -0.4 is 14.8 Å². The first-order chi connectivity index (χ1) is 11.3. The van der Waals surface area contributed by atoms with Gasteiger partial charge in [0.1, 0.15) is 5.82 Å². The van der Waals surface area contributed by atoms with Gasteiger partial charge >= 0.3 is 0 Å². The van der Waals surface area contributed by atoms with Crippen molar-refractivity contribution in [1.29, 1.82) is 0 Å². The molecule has 1 aromatic carbocycles. The van der Waals surface area contributed by atoms with Crippen LogP contribution in [0.25, 0.3) is 0 Å². The lowest BCUT2D eigenvalue weighted by molar-refractivity contribution is -0.117. The Morgan fingerprint density at radius 1 is 1.21 bits per heavy atom. The van der Waals surface area contributed by atoms with Gasteiger partial charge < -0.3 is 10.1 Å². The number of halogens is 1. The third-order valence-corrected chi connectivity index (χ3v) is 4.62. The predicted molar refractivity (Wildman–Crippen MR) is 85.6 cm³/mol. The minimum absolute atomic E-state index is 0.130. The maximum atomic E-state index is 12.9. The van der Waals surface area contributed by atoms with Gasteiger partial charge in [0.25, 0.3) is 0 Å². The number of nitrogens with zero attached hydrogens (tertiary/aromatic N) is 1. The van der Waals surface area contributed by atoms with Gasteiger partial charge in [-0.15, -0.1) is 0 Å². The fourth-order valence-corrected chi connectivity index (χ4v) is 3.00. The van der Waals surface area contributed by atoms with Gasteiger partial charge in [0.2, 0.25) is 21.8 Å². The molecule has 0 saturated heterocycles. The second-order valence-electron chi connectivity index (χ2n) is 4.88. The van der Waals surface area contributed by atoms with E-state index >= 15 is 0 Å². The molecule has 0 saturated carbocycles. The van der Waals surface area contributed by atoms with Crippen molar-refractivity contribution in [3.63, 3.8) is 0 Å². The lowest BCUT2D eigenvalue weighted by Crippen LogP contribution is -2.41. The molecule has 9 heteroatoms. The van der Waals surface area contributed by atoms with Crippen LogP contribution in [0.15, 0.2) is 47.5 Å². The molecule has 0 spiro atoms. The van der Waals surface area contributed by atoms with Gasteiger partial charge in [0.15, 0.2) is 0 Å². The number of pyridine rings is 1. The van der Waals surface area contributed by atoms with E-state index in [2.05, 4.69) is 15.0 Å². The first-order valence-electron chi connectivity index (χ1n) is 6.90. The third kappa shape index (κ3) is 4.49. The molecule has 0 radical (unpaired) electrons. The summed E-state index contributed by atoms with van der Waals surface area (Å²) >= 11 is 0. The molecule has 24 heavy (non-hydrogen) atoms. The lowest BCUT2D eigenvalue weighted by atomic mass is 10.3. The number of carbonyl (C=O) groups excluding carboxylic acids is 1. The van der Waals surface area contributed by atoms with Crippen molar-refractivity contribution in [2.45, 2.75) is 17.9 Å². The van der Waals surface area contributed by atoms with E-state index in [-0.39, 0.29) is 4.90 Å². The van der Waals surface area contributed by atoms with E-state index in [1.165, 1.54) is 20.2 Å². The van der Waals surface area contributed by atoms with Crippen molar-refractivity contribution in [3.05, 3.63) is 48.4 Å². The molecular formula is C15H16FN3O4S. The van der Waals surface area contributed by atoms with E-state index in [4.69, 9.17) is 4.74 Å². The molecule has 1 amide bonds. The summed E-state index contributed by atoms with van der Waals surface area (Å²) < 4.78 is 44.3. The molecule has 0 unspecified atom stereocenters. The second kappa shape index (κ2) is 7.37. The molecule has 0 aliphatic heterocycles. The molecule has 0 fully saturated rings. The summed E-state index contributed by atoms with van der Waals surface area (Å²) in [5.74, 6) is -0.725. The highest BCUT2D eigenvalue weighted by molar-refractivity contribution is 7.89. The Kier molecular flexibility index (Phi) is 5.47. The van der Waals surface area contributed by atoms with Crippen molar-refractivity contribution in [2.24, 2.45) is 0 Å². The smallest absolute Gasteiger partial charge is 0.242 e. The van der Waals surface area contributed by atoms with Gasteiger partial charge in [-0.1, -0.05) is 0 Å². The number of amides is 1. The molecule has 2 rings (SSSR count). The van der Waals surface area contributed by atoms with Crippen molar-refractivity contribution in [3.8, 4) is 5.88 Å². The number of hydrogen-bond acceptors (Lipinski definition) is 5. The number of anilines is 1. The number of ether oxygens (including phenoxy) is 1. The van der Waals surface area contributed by atoms with Gasteiger partial charge in [0, 0.05) is 6.07 Å². The summed E-state index contributed by atoms with van der Waals surface area (Å²) in [7, 11) is -2.47. The standard InChI is InChI=1S/C15H16FN3O4S/c1-10(15(20)18-12-5-8-14(23-2)17-9-12)19-24(21,22)13-6-3-11(16)4-7-13/h3-10,19H,1-2H3,(H,18,20)/t10-/m0/s1. The van der Waals surface area contributed by atoms with Crippen molar-refractivity contribution < 1.29 is 22.3 Å². The maximum absolute atomic E-state index is 12.9. The zero-order valence-electron chi connectivity index (χ0n) is 13.0. The Balaban J connectivity index is 2.03. The highest BCUT2D eigenvalue weighted by Gasteiger charge is 2.22. The molecule has 2 N–H and O–H groups in total. The molecule has 0 bridgehead atoms. The number of rotatable bonds is 6. The third-order valence-electron chi connectivity index (χ3n) is 3.06. The van der Waals surface area contributed by atoms with Gasteiger partial charge in [-0.2, -0.15) is 4.72 Å². The van der Waals surface area contributed by atoms with Crippen LogP contribution in [0.5, 0.6) is 5.88 Å². The average molecular weight is 353 g/mol. The molecule has 1 aromatic heterocycles. The van der Waals surface area contributed by atoms with E-state index in [1.807, 2.05) is 0 Å². The number of methoxy groups -OCH3 is 1. The van der Waals surface area contributed by atoms with Crippen LogP contribution in [0.2, 0.25) is 0 Å². The van der Waals surface area contributed by atoms with Gasteiger partial charge in [-0.05, 0) is 37.3 Å². The van der Waals surface area contributed by atoms with Crippen LogP contribution in [0.4, 0.5) is 10.1 Å². The highest BCUT2D eigenvalue weighted by atomic mass is 32.2. The van der Waals surface area contributed by atoms with Crippen LogP contribution in [-0.2, 0) is 14.8 Å². The van der Waals surface area contributed by atoms with Crippen LogP contribution in [0, 0.1) is 5.82 Å². The number of sulfonamides is 1. The normalized spacial score (nSPS) is 12.5. The van der Waals surface area contributed by atoms with Gasteiger partial charge in [0.05, 0.1) is 29.9 Å². The summed E-state index contributed by atoms with van der Waals surface area (Å²) in [6, 6.07) is 6.39. The molecule has 7 nitrogen and oxygen atoms in total. The Morgan fingerprint density at radius 3 is 2.42 bits per heavy atom. The Labute approximate surface area is 138 Å². The summed E-state index contributed by atoms with van der Waals surface area (Å²) in [5.41, 5.74) is 0.397. The van der Waals surface area contributed by atoms with Gasteiger partial charge in [-0.25, -0.2) is 17.8 Å². The summed E-state index contributed by atoms with van der Waals surface area (Å²) in [6.45, 7) is 1.40. The number of benzene rings is 1. The van der Waals surface area contributed by atoms with E-state index in [0.717, 1.165) is 24.3 Å². The molecule has 1 atom stereocenters. The number of carbonyl (C=O) groups is 1. The number of aromatic nitrogens is 1. The van der Waals surface area contributed by atoms with Crippen LogP contribution in [0.3, 0.4) is 0 Å². The summed E-state index contributed by atoms with van der Waals surface area (Å²) in [4.78, 5) is 15.9. The number of nitrogens with one attached hydrogen (secondary N) is 2. The van der Waals surface area contributed by atoms with E-state index in [1.54, 1.807) is 12.1 Å². The molecule has 0 aliphatic carbocycles. The highest BCUT2D eigenvalue weighted by Crippen LogP contribution is 2.13. The minimum Gasteiger partial charge on any atom is -0.481 e. The lowest BCUT2D eigenvalue weighted by Gasteiger charge is -2.14. The monoisotopic (exact) mass is 353 g/mol. The SMILES string of the molecule is COc1ccc(NC(=O)[C@H](C)NS(=O)(=O)c2ccc(F)cc2)cn1. The van der Waals surface area contributed by atoms with Crippen molar-refractivity contribution in [1.82, 2.24) is 9.71 Å². The first-order valence-corrected chi connectivity index (χ1v) is 8.39. The molecular weight excluding hydrogens is 337 g/mol. The second-order valence-corrected chi connectivity index (χ2v) is 6.59. The minimum atomic E-state index is -3.94. The van der Waals surface area contributed by atoms with Crippen LogP contribution in [0.1, 0.15) is 6.92 Å². The van der Waals surface area contributed by atoms with Crippen molar-refractivity contribution in [2.75, 3.05) is 12.4 Å². The fourth-order valence-electron chi connectivity index (χ4n) is 1.79. The topological polar surface area (TPSA) is 97.4 Å². The van der Waals surface area contributed by atoms with Crippen molar-refractivity contribution >= 4 is 21.6 Å². The zero-order chi connectivity index (χ0) is 17.7. The molecule has 2 aromatic rings. The zero-order valence-corrected chi connectivity index (χ0v) is 13.8. The summed E-state index contributed by atoms with van der Waals surface area (Å²) in [5, 5.41) is 2.53. The summed E-state index contributed by atoms with van der Waals surface area (Å²) in [6.07, 6.45) is 1.39. The predicted octanol–water partition coefficient (Wildman–Crippen LogP) is 1.53. The largest absolute Gasteiger partial charge is 0.481 e. The van der Waals surface area contributed by atoms with Crippen LogP contribution >= 0.6 is 0 Å². The first kappa shape index (κ1) is 17.8. The Bertz CT molecular complexity index is 808.